The molecule has 0 fully saturated rings. The van der Waals surface area contributed by atoms with Crippen LogP contribution in [0.1, 0.15) is 24.5 Å². The molecule has 3 nitrogen and oxygen atoms in total. The van der Waals surface area contributed by atoms with Crippen molar-refractivity contribution in [2.24, 2.45) is 5.73 Å². The van der Waals surface area contributed by atoms with E-state index in [-0.39, 0.29) is 6.42 Å². The van der Waals surface area contributed by atoms with Gasteiger partial charge >= 0.3 is 6.09 Å². The van der Waals surface area contributed by atoms with Crippen LogP contribution in [0.25, 0.3) is 0 Å². The topological polar surface area (TPSA) is 52.3 Å². The molecular formula is C18H17F2NO2. The maximum Gasteiger partial charge on any atom is 0.405 e. The summed E-state index contributed by atoms with van der Waals surface area (Å²) in [4.78, 5) is 11.5. The van der Waals surface area contributed by atoms with E-state index in [2.05, 4.69) is 0 Å². The van der Waals surface area contributed by atoms with Gasteiger partial charge in [0.2, 0.25) is 0 Å². The smallest absolute Gasteiger partial charge is 0.405 e. The summed E-state index contributed by atoms with van der Waals surface area (Å²) in [6.45, 7) is 1.82. The summed E-state index contributed by atoms with van der Waals surface area (Å²) < 4.78 is 31.9. The van der Waals surface area contributed by atoms with E-state index in [4.69, 9.17) is 10.5 Å². The van der Waals surface area contributed by atoms with E-state index in [0.717, 1.165) is 0 Å². The maximum atomic E-state index is 13.2. The Labute approximate surface area is 133 Å². The average Bonchev–Trinajstić information content (AvgIpc) is 2.52. The highest BCUT2D eigenvalue weighted by Gasteiger charge is 2.37. The van der Waals surface area contributed by atoms with E-state index in [0.29, 0.717) is 11.1 Å². The summed E-state index contributed by atoms with van der Waals surface area (Å²) >= 11 is 0. The van der Waals surface area contributed by atoms with Crippen molar-refractivity contribution in [1.29, 1.82) is 0 Å². The fourth-order valence-corrected chi connectivity index (χ4v) is 2.46. The molecule has 1 amide bonds. The number of halogens is 2. The first-order valence-corrected chi connectivity index (χ1v) is 7.09. The molecule has 23 heavy (non-hydrogen) atoms. The predicted octanol–water partition coefficient (Wildman–Crippen LogP) is 4.27. The molecule has 2 aromatic rings. The van der Waals surface area contributed by atoms with Gasteiger partial charge in [-0.2, -0.15) is 0 Å². The average molecular weight is 317 g/mol. The van der Waals surface area contributed by atoms with Gasteiger partial charge in [-0.05, 0) is 31.2 Å². The SMILES string of the molecule is C/C=C\CC(OC(N)=O)(c1ccc(F)cc1)c1ccc(F)cc1. The molecule has 0 aromatic heterocycles. The molecule has 120 valence electrons. The molecule has 2 rings (SSSR count). The van der Waals surface area contributed by atoms with Gasteiger partial charge in [-0.3, -0.25) is 0 Å². The lowest BCUT2D eigenvalue weighted by Gasteiger charge is -2.33. The van der Waals surface area contributed by atoms with Crippen LogP contribution in [-0.2, 0) is 10.3 Å². The molecular weight excluding hydrogens is 300 g/mol. The van der Waals surface area contributed by atoms with Gasteiger partial charge in [-0.15, -0.1) is 0 Å². The van der Waals surface area contributed by atoms with Crippen molar-refractivity contribution >= 4 is 6.09 Å². The van der Waals surface area contributed by atoms with Crippen LogP contribution in [0.2, 0.25) is 0 Å². The van der Waals surface area contributed by atoms with E-state index in [1.165, 1.54) is 48.5 Å². The van der Waals surface area contributed by atoms with Crippen molar-refractivity contribution in [2.75, 3.05) is 0 Å². The second kappa shape index (κ2) is 7.05. The van der Waals surface area contributed by atoms with Crippen molar-refractivity contribution in [3.05, 3.63) is 83.4 Å². The van der Waals surface area contributed by atoms with Crippen molar-refractivity contribution in [2.45, 2.75) is 18.9 Å². The van der Waals surface area contributed by atoms with E-state index < -0.39 is 23.3 Å². The zero-order chi connectivity index (χ0) is 16.9. The van der Waals surface area contributed by atoms with E-state index >= 15 is 0 Å². The molecule has 0 aliphatic rings. The van der Waals surface area contributed by atoms with Gasteiger partial charge < -0.3 is 10.5 Å². The molecule has 0 unspecified atom stereocenters. The third-order valence-electron chi connectivity index (χ3n) is 3.54. The highest BCUT2D eigenvalue weighted by molar-refractivity contribution is 5.66. The van der Waals surface area contributed by atoms with Gasteiger partial charge in [0.05, 0.1) is 0 Å². The van der Waals surface area contributed by atoms with Crippen LogP contribution in [0.15, 0.2) is 60.7 Å². The number of rotatable bonds is 5. The molecule has 0 saturated heterocycles. The first-order chi connectivity index (χ1) is 11.0. The number of carbonyl (C=O) groups is 1. The minimum atomic E-state index is -1.25. The van der Waals surface area contributed by atoms with Gasteiger partial charge in [-0.25, -0.2) is 13.6 Å². The molecule has 0 saturated carbocycles. The standard InChI is InChI=1S/C18H17F2NO2/c1-2-3-12-18(23-17(21)22,13-4-8-15(19)9-5-13)14-6-10-16(20)11-7-14/h2-11H,12H2,1H3,(H2,21,22)/b3-2-. The highest BCUT2D eigenvalue weighted by Crippen LogP contribution is 2.37. The summed E-state index contributed by atoms with van der Waals surface area (Å²) in [5, 5.41) is 0. The van der Waals surface area contributed by atoms with Crippen LogP contribution >= 0.6 is 0 Å². The molecule has 0 radical (unpaired) electrons. The van der Waals surface area contributed by atoms with E-state index in [1.807, 2.05) is 6.92 Å². The van der Waals surface area contributed by atoms with Crippen molar-refractivity contribution in [1.82, 2.24) is 0 Å². The quantitative estimate of drug-likeness (QED) is 0.837. The lowest BCUT2D eigenvalue weighted by Crippen LogP contribution is -2.35. The Hall–Kier alpha value is -2.69. The third-order valence-corrected chi connectivity index (χ3v) is 3.54. The van der Waals surface area contributed by atoms with Gasteiger partial charge in [-0.1, -0.05) is 36.4 Å². The fourth-order valence-electron chi connectivity index (χ4n) is 2.46. The van der Waals surface area contributed by atoms with Crippen LogP contribution in [0, 0.1) is 11.6 Å². The fraction of sp³-hybridized carbons (Fsp3) is 0.167. The monoisotopic (exact) mass is 317 g/mol. The summed E-state index contributed by atoms with van der Waals surface area (Å²) in [6, 6.07) is 11.2. The number of allylic oxidation sites excluding steroid dienone is 1. The molecule has 0 aliphatic heterocycles. The Morgan fingerprint density at radius 1 is 1.04 bits per heavy atom. The molecule has 5 heteroatoms. The first kappa shape index (κ1) is 16.7. The highest BCUT2D eigenvalue weighted by atomic mass is 19.1. The predicted molar refractivity (Wildman–Crippen MR) is 83.7 cm³/mol. The van der Waals surface area contributed by atoms with Crippen LogP contribution < -0.4 is 5.73 Å². The van der Waals surface area contributed by atoms with Crippen molar-refractivity contribution in [3.8, 4) is 0 Å². The Morgan fingerprint density at radius 2 is 1.48 bits per heavy atom. The number of nitrogens with two attached hydrogens (primary N) is 1. The number of primary amides is 1. The Bertz CT molecular complexity index is 648. The molecule has 0 heterocycles. The van der Waals surface area contributed by atoms with Crippen LogP contribution in [0.4, 0.5) is 13.6 Å². The summed E-state index contributed by atoms with van der Waals surface area (Å²) in [7, 11) is 0. The molecule has 0 spiro atoms. The Kier molecular flexibility index (Phi) is 5.11. The number of hydrogen-bond acceptors (Lipinski definition) is 2. The van der Waals surface area contributed by atoms with E-state index in [9.17, 15) is 13.6 Å². The second-order valence-corrected chi connectivity index (χ2v) is 5.04. The number of ether oxygens (including phenoxy) is 1. The zero-order valence-corrected chi connectivity index (χ0v) is 12.6. The minimum absolute atomic E-state index is 0.281. The molecule has 0 atom stereocenters. The Morgan fingerprint density at radius 3 is 1.83 bits per heavy atom. The number of benzene rings is 2. The maximum absolute atomic E-state index is 13.2. The molecule has 2 aromatic carbocycles. The normalized spacial score (nSPS) is 11.6. The zero-order valence-electron chi connectivity index (χ0n) is 12.6. The van der Waals surface area contributed by atoms with Crippen molar-refractivity contribution in [3.63, 3.8) is 0 Å². The van der Waals surface area contributed by atoms with Crippen molar-refractivity contribution < 1.29 is 18.3 Å². The van der Waals surface area contributed by atoms with Crippen LogP contribution in [0.3, 0.4) is 0 Å². The summed E-state index contributed by atoms with van der Waals surface area (Å²) in [5.41, 5.74) is 5.09. The summed E-state index contributed by atoms with van der Waals surface area (Å²) in [5.74, 6) is -0.821. The minimum Gasteiger partial charge on any atom is -0.433 e. The first-order valence-electron chi connectivity index (χ1n) is 7.09. The van der Waals surface area contributed by atoms with Gasteiger partial charge in [0.25, 0.3) is 0 Å². The third kappa shape index (κ3) is 3.74. The molecule has 0 aliphatic carbocycles. The molecule has 2 N–H and O–H groups in total. The number of carbonyl (C=O) groups excluding carboxylic acids is 1. The summed E-state index contributed by atoms with van der Waals surface area (Å²) in [6.07, 6.45) is 2.91. The van der Waals surface area contributed by atoms with E-state index in [1.54, 1.807) is 12.2 Å². The van der Waals surface area contributed by atoms with Gasteiger partial charge in [0.15, 0.2) is 5.60 Å². The number of amides is 1. The largest absolute Gasteiger partial charge is 0.433 e. The Balaban J connectivity index is 2.64. The second-order valence-electron chi connectivity index (χ2n) is 5.04. The lowest BCUT2D eigenvalue weighted by molar-refractivity contribution is 0.0473. The molecule has 0 bridgehead atoms. The van der Waals surface area contributed by atoms with Gasteiger partial charge in [0.1, 0.15) is 11.6 Å². The number of hydrogen-bond donors (Lipinski definition) is 1. The lowest BCUT2D eigenvalue weighted by atomic mass is 9.83. The van der Waals surface area contributed by atoms with Crippen LogP contribution in [-0.4, -0.2) is 6.09 Å². The van der Waals surface area contributed by atoms with Gasteiger partial charge in [0, 0.05) is 17.5 Å². The van der Waals surface area contributed by atoms with Crippen LogP contribution in [0.5, 0.6) is 0 Å².